The fourth-order valence-electron chi connectivity index (χ4n) is 3.10. The predicted octanol–water partition coefficient (Wildman–Crippen LogP) is 1.19. The zero-order valence-corrected chi connectivity index (χ0v) is 12.9. The molecule has 4 rings (SSSR count). The van der Waals surface area contributed by atoms with Crippen molar-refractivity contribution < 1.29 is 14.3 Å². The number of hydrogen-bond acceptors (Lipinski definition) is 5. The normalized spacial score (nSPS) is 23.4. The predicted molar refractivity (Wildman–Crippen MR) is 81.1 cm³/mol. The van der Waals surface area contributed by atoms with E-state index in [-0.39, 0.29) is 17.9 Å². The van der Waals surface area contributed by atoms with Crippen molar-refractivity contribution in [3.05, 3.63) is 41.5 Å². The Balaban J connectivity index is 1.51. The number of aromatic amines is 1. The highest BCUT2D eigenvalue weighted by Crippen LogP contribution is 2.35. The summed E-state index contributed by atoms with van der Waals surface area (Å²) in [5.74, 6) is 1.99. The maximum absolute atomic E-state index is 12.9. The largest absolute Gasteiger partial charge is 0.492 e. The van der Waals surface area contributed by atoms with Crippen molar-refractivity contribution in [2.45, 2.75) is 18.9 Å². The molecule has 2 aliphatic heterocycles. The van der Waals surface area contributed by atoms with Gasteiger partial charge in [-0.1, -0.05) is 18.2 Å². The van der Waals surface area contributed by atoms with Crippen molar-refractivity contribution in [3.63, 3.8) is 0 Å². The van der Waals surface area contributed by atoms with Gasteiger partial charge in [-0.15, -0.1) is 0 Å². The number of carbonyl (C=O) groups excluding carboxylic acids is 1. The summed E-state index contributed by atoms with van der Waals surface area (Å²) < 4.78 is 11.3. The highest BCUT2D eigenvalue weighted by Gasteiger charge is 2.36. The van der Waals surface area contributed by atoms with Crippen molar-refractivity contribution in [1.29, 1.82) is 0 Å². The molecule has 7 heteroatoms. The molecule has 1 N–H and O–H groups in total. The Morgan fingerprint density at radius 2 is 2.26 bits per heavy atom. The highest BCUT2D eigenvalue weighted by molar-refractivity contribution is 5.85. The summed E-state index contributed by atoms with van der Waals surface area (Å²) in [5, 5.41) is 6.96. The molecule has 0 saturated carbocycles. The quantitative estimate of drug-likeness (QED) is 0.900. The molecule has 1 aromatic heterocycles. The summed E-state index contributed by atoms with van der Waals surface area (Å²) >= 11 is 0. The van der Waals surface area contributed by atoms with Crippen molar-refractivity contribution in [2.75, 3.05) is 26.3 Å². The van der Waals surface area contributed by atoms with Gasteiger partial charge in [0.15, 0.2) is 5.82 Å². The third kappa shape index (κ3) is 2.57. The first-order valence-electron chi connectivity index (χ1n) is 7.73. The van der Waals surface area contributed by atoms with E-state index in [4.69, 9.17) is 9.47 Å². The molecule has 0 aliphatic carbocycles. The number of rotatable bonds is 2. The molecular formula is C16H18N4O3. The number of hydrogen-bond donors (Lipinski definition) is 1. The van der Waals surface area contributed by atoms with Gasteiger partial charge in [-0.25, -0.2) is 4.98 Å². The van der Waals surface area contributed by atoms with E-state index in [1.165, 1.54) is 0 Å². The molecule has 2 atom stereocenters. The molecule has 7 nitrogen and oxygen atoms in total. The Kier molecular flexibility index (Phi) is 3.49. The number of aromatic nitrogens is 3. The maximum atomic E-state index is 12.9. The average Bonchev–Trinajstić information content (AvgIpc) is 3.20. The monoisotopic (exact) mass is 314 g/mol. The molecule has 120 valence electrons. The molecule has 0 spiro atoms. The van der Waals surface area contributed by atoms with Crippen LogP contribution in [0.5, 0.6) is 5.75 Å². The average molecular weight is 314 g/mol. The first kappa shape index (κ1) is 14.2. The minimum Gasteiger partial charge on any atom is -0.492 e. The Labute approximate surface area is 133 Å². The number of aryl methyl sites for hydroxylation is 1. The van der Waals surface area contributed by atoms with Gasteiger partial charge in [0.1, 0.15) is 30.2 Å². The minimum absolute atomic E-state index is 0.0792. The van der Waals surface area contributed by atoms with Crippen molar-refractivity contribution >= 4 is 5.91 Å². The van der Waals surface area contributed by atoms with E-state index in [2.05, 4.69) is 15.2 Å². The van der Waals surface area contributed by atoms with Gasteiger partial charge >= 0.3 is 0 Å². The summed E-state index contributed by atoms with van der Waals surface area (Å²) in [6.07, 6.45) is -0.282. The molecule has 2 aromatic rings. The second kappa shape index (κ2) is 5.66. The van der Waals surface area contributed by atoms with Crippen LogP contribution in [0.3, 0.4) is 0 Å². The zero-order chi connectivity index (χ0) is 15.8. The number of morpholine rings is 1. The zero-order valence-electron chi connectivity index (χ0n) is 12.9. The minimum atomic E-state index is -0.282. The lowest BCUT2D eigenvalue weighted by atomic mass is 9.99. The first-order valence-corrected chi connectivity index (χ1v) is 7.73. The van der Waals surface area contributed by atoms with Crippen LogP contribution in [0.1, 0.15) is 29.2 Å². The maximum Gasteiger partial charge on any atom is 0.233 e. The molecule has 0 unspecified atom stereocenters. The molecule has 1 aromatic carbocycles. The van der Waals surface area contributed by atoms with E-state index in [1.54, 1.807) is 0 Å². The van der Waals surface area contributed by atoms with E-state index in [0.717, 1.165) is 17.1 Å². The number of H-pyrrole nitrogens is 1. The fraction of sp³-hybridized carbons (Fsp3) is 0.438. The number of carbonyl (C=O) groups is 1. The van der Waals surface area contributed by atoms with Crippen LogP contribution in [0, 0.1) is 6.92 Å². The third-order valence-electron chi connectivity index (χ3n) is 4.28. The molecule has 23 heavy (non-hydrogen) atoms. The van der Waals surface area contributed by atoms with Crippen LogP contribution in [0.25, 0.3) is 0 Å². The molecule has 3 heterocycles. The molecule has 2 aliphatic rings. The summed E-state index contributed by atoms with van der Waals surface area (Å²) in [5.41, 5.74) is 0.967. The van der Waals surface area contributed by atoms with Gasteiger partial charge < -0.3 is 14.4 Å². The molecule has 1 saturated heterocycles. The molecule has 0 bridgehead atoms. The summed E-state index contributed by atoms with van der Waals surface area (Å²) in [6.45, 7) is 3.78. The molecular weight excluding hydrogens is 296 g/mol. The molecule has 1 fully saturated rings. The van der Waals surface area contributed by atoms with Crippen molar-refractivity contribution in [2.24, 2.45) is 0 Å². The second-order valence-electron chi connectivity index (χ2n) is 5.82. The summed E-state index contributed by atoms with van der Waals surface area (Å²) in [7, 11) is 0. The van der Waals surface area contributed by atoms with Gasteiger partial charge in [-0.05, 0) is 13.0 Å². The van der Waals surface area contributed by atoms with Gasteiger partial charge in [-0.2, -0.15) is 5.10 Å². The van der Waals surface area contributed by atoms with Crippen LogP contribution in [0.15, 0.2) is 24.3 Å². The number of para-hydroxylation sites is 1. The third-order valence-corrected chi connectivity index (χ3v) is 4.28. The van der Waals surface area contributed by atoms with E-state index in [9.17, 15) is 4.79 Å². The highest BCUT2D eigenvalue weighted by atomic mass is 16.5. The lowest BCUT2D eigenvalue weighted by Gasteiger charge is -2.33. The van der Waals surface area contributed by atoms with E-state index >= 15 is 0 Å². The summed E-state index contributed by atoms with van der Waals surface area (Å²) in [6, 6.07) is 7.72. The van der Waals surface area contributed by atoms with Gasteiger partial charge in [0.05, 0.1) is 13.2 Å². The molecule has 1 amide bonds. The Hall–Kier alpha value is -2.41. The number of nitrogens with zero attached hydrogens (tertiary/aromatic N) is 3. The van der Waals surface area contributed by atoms with Crippen molar-refractivity contribution in [3.8, 4) is 5.75 Å². The van der Waals surface area contributed by atoms with Gasteiger partial charge in [0, 0.05) is 12.1 Å². The van der Waals surface area contributed by atoms with E-state index < -0.39 is 0 Å². The number of benzene rings is 1. The van der Waals surface area contributed by atoms with Crippen LogP contribution in [-0.4, -0.2) is 52.3 Å². The lowest BCUT2D eigenvalue weighted by Crippen LogP contribution is -2.44. The van der Waals surface area contributed by atoms with Crippen LogP contribution in [0.2, 0.25) is 0 Å². The van der Waals surface area contributed by atoms with Crippen LogP contribution < -0.4 is 4.74 Å². The van der Waals surface area contributed by atoms with Crippen LogP contribution in [-0.2, 0) is 9.53 Å². The lowest BCUT2D eigenvalue weighted by molar-refractivity contribution is -0.141. The van der Waals surface area contributed by atoms with E-state index in [1.807, 2.05) is 36.1 Å². The van der Waals surface area contributed by atoms with Crippen molar-refractivity contribution in [1.82, 2.24) is 20.1 Å². The fourth-order valence-corrected chi connectivity index (χ4v) is 3.10. The summed E-state index contributed by atoms with van der Waals surface area (Å²) in [4.78, 5) is 19.0. The Bertz CT molecular complexity index is 730. The second-order valence-corrected chi connectivity index (χ2v) is 5.82. The van der Waals surface area contributed by atoms with Gasteiger partial charge in [-0.3, -0.25) is 9.89 Å². The number of ether oxygens (including phenoxy) is 2. The van der Waals surface area contributed by atoms with Crippen LogP contribution >= 0.6 is 0 Å². The van der Waals surface area contributed by atoms with Crippen LogP contribution in [0.4, 0.5) is 0 Å². The topological polar surface area (TPSA) is 80.3 Å². The SMILES string of the molecule is Cc1nc([C@@H]2CN(C(=O)[C@H]3COc4ccccc43)CCO2)n[nH]1. The number of nitrogens with one attached hydrogen (secondary N) is 1. The first-order chi connectivity index (χ1) is 11.2. The number of amides is 1. The van der Waals surface area contributed by atoms with Gasteiger partial charge in [0.2, 0.25) is 5.91 Å². The van der Waals surface area contributed by atoms with Gasteiger partial charge in [0.25, 0.3) is 0 Å². The van der Waals surface area contributed by atoms with E-state index in [0.29, 0.717) is 32.1 Å². The number of fused-ring (bicyclic) bond motifs is 1. The standard InChI is InChI=1S/C16H18N4O3/c1-10-17-15(19-18-10)14-8-20(6-7-22-14)16(21)12-9-23-13-5-3-2-4-11(12)13/h2-5,12,14H,6-9H2,1H3,(H,17,18,19)/t12-,14-/m0/s1. The molecule has 0 radical (unpaired) electrons. The smallest absolute Gasteiger partial charge is 0.233 e. The Morgan fingerprint density at radius 1 is 1.39 bits per heavy atom. The Morgan fingerprint density at radius 3 is 3.09 bits per heavy atom.